The van der Waals surface area contributed by atoms with E-state index in [1.807, 2.05) is 0 Å². The number of amides is 1. The highest BCUT2D eigenvalue weighted by Gasteiger charge is 2.47. The molecule has 108 valence electrons. The van der Waals surface area contributed by atoms with Crippen molar-refractivity contribution in [1.29, 1.82) is 0 Å². The van der Waals surface area contributed by atoms with E-state index < -0.39 is 11.7 Å². The summed E-state index contributed by atoms with van der Waals surface area (Å²) in [6, 6.07) is 3.68. The van der Waals surface area contributed by atoms with Gasteiger partial charge in [-0.25, -0.2) is 4.39 Å². The first-order valence-electron chi connectivity index (χ1n) is 7.01. The van der Waals surface area contributed by atoms with E-state index in [2.05, 4.69) is 5.32 Å². The number of aliphatic hydroxyl groups excluding tert-OH is 1. The highest BCUT2D eigenvalue weighted by atomic mass is 19.1. The predicted octanol–water partition coefficient (Wildman–Crippen LogP) is 1.67. The van der Waals surface area contributed by atoms with Crippen LogP contribution in [0.25, 0.3) is 0 Å². The number of rotatable bonds is 3. The van der Waals surface area contributed by atoms with Crippen LogP contribution in [0.15, 0.2) is 18.2 Å². The number of hydrogen-bond donors (Lipinski definition) is 3. The number of carbonyl (C=O) groups excluding carboxylic acids is 1. The summed E-state index contributed by atoms with van der Waals surface area (Å²) in [6.07, 6.45) is 3.14. The number of carbonyl (C=O) groups is 1. The van der Waals surface area contributed by atoms with E-state index in [-0.39, 0.29) is 29.9 Å². The summed E-state index contributed by atoms with van der Waals surface area (Å²) in [4.78, 5) is 12.2. The molecular weight excluding hydrogens is 261 g/mol. The summed E-state index contributed by atoms with van der Waals surface area (Å²) in [6.45, 7) is 0.0371. The van der Waals surface area contributed by atoms with Gasteiger partial charge >= 0.3 is 0 Å². The third kappa shape index (κ3) is 2.06. The number of phenolic OH excluding ortho intramolecular Hbond substituents is 1. The van der Waals surface area contributed by atoms with Gasteiger partial charge < -0.3 is 15.5 Å². The van der Waals surface area contributed by atoms with Crippen molar-refractivity contribution in [3.8, 4) is 5.75 Å². The lowest BCUT2D eigenvalue weighted by Crippen LogP contribution is -2.45. The van der Waals surface area contributed by atoms with Gasteiger partial charge in [0.05, 0.1) is 0 Å². The highest BCUT2D eigenvalue weighted by molar-refractivity contribution is 5.97. The van der Waals surface area contributed by atoms with E-state index in [4.69, 9.17) is 0 Å². The molecule has 2 aliphatic rings. The van der Waals surface area contributed by atoms with Crippen molar-refractivity contribution < 1.29 is 19.4 Å². The topological polar surface area (TPSA) is 69.6 Å². The molecule has 4 nitrogen and oxygen atoms in total. The summed E-state index contributed by atoms with van der Waals surface area (Å²) in [7, 11) is 0. The van der Waals surface area contributed by atoms with E-state index in [1.165, 1.54) is 12.1 Å². The van der Waals surface area contributed by atoms with Crippen LogP contribution in [-0.2, 0) is 0 Å². The molecule has 4 atom stereocenters. The van der Waals surface area contributed by atoms with Crippen LogP contribution in [0.1, 0.15) is 29.6 Å². The first-order valence-corrected chi connectivity index (χ1v) is 7.01. The Labute approximate surface area is 116 Å². The zero-order valence-corrected chi connectivity index (χ0v) is 11.1. The van der Waals surface area contributed by atoms with Crippen LogP contribution in [0.4, 0.5) is 4.39 Å². The normalized spacial score (nSPS) is 31.5. The fourth-order valence-electron chi connectivity index (χ4n) is 3.86. The van der Waals surface area contributed by atoms with Crippen LogP contribution >= 0.6 is 0 Å². The predicted molar refractivity (Wildman–Crippen MR) is 70.7 cm³/mol. The van der Waals surface area contributed by atoms with Crippen LogP contribution < -0.4 is 5.32 Å². The SMILES string of the molecule is O=C(N[C@@H]1[C@H]2CC[C@@H](C2)[C@@H]1CO)c1c(O)cccc1F. The molecule has 20 heavy (non-hydrogen) atoms. The van der Waals surface area contributed by atoms with Gasteiger partial charge in [0.2, 0.25) is 0 Å². The second-order valence-electron chi connectivity index (χ2n) is 5.81. The molecule has 2 bridgehead atoms. The molecule has 5 heteroatoms. The highest BCUT2D eigenvalue weighted by Crippen LogP contribution is 2.48. The number of phenols is 1. The van der Waals surface area contributed by atoms with Crippen molar-refractivity contribution in [2.75, 3.05) is 6.61 Å². The van der Waals surface area contributed by atoms with Gasteiger partial charge in [0.1, 0.15) is 17.1 Å². The van der Waals surface area contributed by atoms with Crippen molar-refractivity contribution in [3.05, 3.63) is 29.6 Å². The van der Waals surface area contributed by atoms with Crippen molar-refractivity contribution in [3.63, 3.8) is 0 Å². The molecule has 0 aliphatic heterocycles. The number of hydrogen-bond acceptors (Lipinski definition) is 3. The van der Waals surface area contributed by atoms with Crippen molar-refractivity contribution in [2.24, 2.45) is 17.8 Å². The minimum absolute atomic E-state index is 0.0371. The fraction of sp³-hybridized carbons (Fsp3) is 0.533. The lowest BCUT2D eigenvalue weighted by atomic mass is 9.85. The lowest BCUT2D eigenvalue weighted by Gasteiger charge is -2.30. The molecule has 2 saturated carbocycles. The second kappa shape index (κ2) is 5.05. The largest absolute Gasteiger partial charge is 0.507 e. The van der Waals surface area contributed by atoms with Gasteiger partial charge in [-0.3, -0.25) is 4.79 Å². The number of aliphatic hydroxyl groups is 1. The lowest BCUT2D eigenvalue weighted by molar-refractivity contribution is 0.0855. The Morgan fingerprint density at radius 2 is 2.10 bits per heavy atom. The quantitative estimate of drug-likeness (QED) is 0.788. The van der Waals surface area contributed by atoms with Crippen LogP contribution in [0.3, 0.4) is 0 Å². The Balaban J connectivity index is 1.79. The van der Waals surface area contributed by atoms with Gasteiger partial charge in [0.15, 0.2) is 0 Å². The van der Waals surface area contributed by atoms with Crippen LogP contribution in [0, 0.1) is 23.6 Å². The monoisotopic (exact) mass is 279 g/mol. The second-order valence-corrected chi connectivity index (χ2v) is 5.81. The molecule has 3 rings (SSSR count). The van der Waals surface area contributed by atoms with E-state index in [1.54, 1.807) is 0 Å². The number of benzene rings is 1. The van der Waals surface area contributed by atoms with Gasteiger partial charge in [0, 0.05) is 18.6 Å². The summed E-state index contributed by atoms with van der Waals surface area (Å²) < 4.78 is 13.7. The maximum absolute atomic E-state index is 13.7. The first-order chi connectivity index (χ1) is 9.61. The average molecular weight is 279 g/mol. The first kappa shape index (κ1) is 13.4. The molecule has 0 heterocycles. The van der Waals surface area contributed by atoms with Gasteiger partial charge in [-0.05, 0) is 43.2 Å². The summed E-state index contributed by atoms with van der Waals surface area (Å²) >= 11 is 0. The number of aromatic hydroxyl groups is 1. The van der Waals surface area contributed by atoms with E-state index in [9.17, 15) is 19.4 Å². The maximum Gasteiger partial charge on any atom is 0.258 e. The Morgan fingerprint density at radius 3 is 2.80 bits per heavy atom. The number of nitrogens with one attached hydrogen (secondary N) is 1. The molecule has 0 spiro atoms. The molecule has 1 aromatic rings. The molecular formula is C15H18FNO3. The third-order valence-corrected chi connectivity index (χ3v) is 4.82. The van der Waals surface area contributed by atoms with Gasteiger partial charge in [-0.2, -0.15) is 0 Å². The molecule has 1 amide bonds. The molecule has 0 radical (unpaired) electrons. The van der Waals surface area contributed by atoms with E-state index in [0.717, 1.165) is 25.3 Å². The zero-order valence-electron chi connectivity index (χ0n) is 11.1. The molecule has 0 aromatic heterocycles. The Bertz CT molecular complexity index is 514. The van der Waals surface area contributed by atoms with E-state index in [0.29, 0.717) is 11.8 Å². The smallest absolute Gasteiger partial charge is 0.258 e. The minimum Gasteiger partial charge on any atom is -0.507 e. The number of fused-ring (bicyclic) bond motifs is 2. The summed E-state index contributed by atoms with van der Waals surface area (Å²) in [5.74, 6) is -0.833. The minimum atomic E-state index is -0.730. The third-order valence-electron chi connectivity index (χ3n) is 4.82. The number of halogens is 1. The van der Waals surface area contributed by atoms with E-state index >= 15 is 0 Å². The molecule has 3 N–H and O–H groups in total. The fourth-order valence-corrected chi connectivity index (χ4v) is 3.86. The Hall–Kier alpha value is -1.62. The standard InChI is InChI=1S/C15H18FNO3/c16-11-2-1-3-12(19)13(11)15(20)17-14-9-5-4-8(6-9)10(14)7-18/h1-3,8-10,14,18-19H,4-7H2,(H,17,20)/t8-,9-,10-,14+/m0/s1. The molecule has 2 fully saturated rings. The van der Waals surface area contributed by atoms with Crippen LogP contribution in [0.5, 0.6) is 5.75 Å². The molecule has 2 aliphatic carbocycles. The van der Waals surface area contributed by atoms with Gasteiger partial charge in [-0.1, -0.05) is 6.07 Å². The van der Waals surface area contributed by atoms with Gasteiger partial charge in [-0.15, -0.1) is 0 Å². The van der Waals surface area contributed by atoms with Crippen LogP contribution in [-0.4, -0.2) is 28.8 Å². The van der Waals surface area contributed by atoms with Crippen molar-refractivity contribution in [2.45, 2.75) is 25.3 Å². The average Bonchev–Trinajstić information content (AvgIpc) is 2.99. The maximum atomic E-state index is 13.7. The molecule has 1 aromatic carbocycles. The Morgan fingerprint density at radius 1 is 1.35 bits per heavy atom. The Kier molecular flexibility index (Phi) is 3.38. The zero-order chi connectivity index (χ0) is 14.3. The van der Waals surface area contributed by atoms with Crippen molar-refractivity contribution >= 4 is 5.91 Å². The van der Waals surface area contributed by atoms with Crippen molar-refractivity contribution in [1.82, 2.24) is 5.32 Å². The summed E-state index contributed by atoms with van der Waals surface area (Å²) in [5.41, 5.74) is -0.313. The van der Waals surface area contributed by atoms with Gasteiger partial charge in [0.25, 0.3) is 5.91 Å². The van der Waals surface area contributed by atoms with Crippen LogP contribution in [0.2, 0.25) is 0 Å². The summed E-state index contributed by atoms with van der Waals surface area (Å²) in [5, 5.41) is 21.9. The molecule has 0 unspecified atom stereocenters. The molecule has 0 saturated heterocycles.